The average molecular weight is 329 g/mol. The molecule has 0 radical (unpaired) electrons. The number of carbonyl (C=O) groups is 3. The van der Waals surface area contributed by atoms with Crippen LogP contribution in [0, 0.1) is 13.8 Å². The number of amides is 1. The minimum Gasteiger partial charge on any atom is -0.462 e. The normalized spacial score (nSPS) is 10.3. The van der Waals surface area contributed by atoms with Crippen LogP contribution in [0.25, 0.3) is 0 Å². The van der Waals surface area contributed by atoms with E-state index in [9.17, 15) is 14.4 Å². The Morgan fingerprint density at radius 1 is 1.21 bits per heavy atom. The summed E-state index contributed by atoms with van der Waals surface area (Å²) in [5.41, 5.74) is 4.39. The standard InChI is InChI=1S/C17H19N3O4/c1-5-24-17(23)15-11(3)20(10(2)14(15)12(4)21)19-16(22)13-7-6-8-18-9-13/h6-9H,5H2,1-4H3,(H,19,22). The van der Waals surface area contributed by atoms with E-state index >= 15 is 0 Å². The van der Waals surface area contributed by atoms with Gasteiger partial charge in [-0.2, -0.15) is 0 Å². The van der Waals surface area contributed by atoms with Crippen molar-refractivity contribution in [2.75, 3.05) is 12.0 Å². The van der Waals surface area contributed by atoms with E-state index in [0.29, 0.717) is 17.0 Å². The maximum absolute atomic E-state index is 12.3. The average Bonchev–Trinajstić information content (AvgIpc) is 2.80. The molecule has 2 heterocycles. The van der Waals surface area contributed by atoms with E-state index in [-0.39, 0.29) is 23.5 Å². The number of ether oxygens (including phenoxy) is 1. The molecule has 0 bridgehead atoms. The van der Waals surface area contributed by atoms with Gasteiger partial charge in [-0.25, -0.2) is 4.79 Å². The number of hydrogen-bond acceptors (Lipinski definition) is 5. The summed E-state index contributed by atoms with van der Waals surface area (Å²) in [5, 5.41) is 0. The van der Waals surface area contributed by atoms with Gasteiger partial charge in [0.15, 0.2) is 5.78 Å². The summed E-state index contributed by atoms with van der Waals surface area (Å²) in [6.45, 7) is 6.57. The lowest BCUT2D eigenvalue weighted by Gasteiger charge is -2.11. The lowest BCUT2D eigenvalue weighted by Crippen LogP contribution is -2.25. The van der Waals surface area contributed by atoms with Crippen LogP contribution in [0.2, 0.25) is 0 Å². The van der Waals surface area contributed by atoms with Crippen molar-refractivity contribution in [2.24, 2.45) is 0 Å². The number of rotatable bonds is 5. The van der Waals surface area contributed by atoms with Crippen LogP contribution < -0.4 is 5.43 Å². The van der Waals surface area contributed by atoms with E-state index in [1.807, 2.05) is 0 Å². The van der Waals surface area contributed by atoms with E-state index in [1.54, 1.807) is 39.1 Å². The highest BCUT2D eigenvalue weighted by molar-refractivity contribution is 6.08. The predicted octanol–water partition coefficient (Wildman–Crippen LogP) is 2.26. The molecule has 1 amide bonds. The summed E-state index contributed by atoms with van der Waals surface area (Å²) in [6, 6.07) is 3.27. The molecule has 7 nitrogen and oxygen atoms in total. The highest BCUT2D eigenvalue weighted by Gasteiger charge is 2.27. The monoisotopic (exact) mass is 329 g/mol. The molecule has 0 aromatic carbocycles. The van der Waals surface area contributed by atoms with Gasteiger partial charge in [-0.15, -0.1) is 0 Å². The second kappa shape index (κ2) is 7.08. The highest BCUT2D eigenvalue weighted by atomic mass is 16.5. The Morgan fingerprint density at radius 2 is 1.88 bits per heavy atom. The Bertz CT molecular complexity index is 794. The van der Waals surface area contributed by atoms with Gasteiger partial charge < -0.3 is 4.74 Å². The minimum atomic E-state index is -0.585. The molecule has 0 aliphatic rings. The van der Waals surface area contributed by atoms with Crippen LogP contribution in [0.3, 0.4) is 0 Å². The Labute approximate surface area is 139 Å². The molecule has 0 fully saturated rings. The lowest BCUT2D eigenvalue weighted by atomic mass is 10.1. The van der Waals surface area contributed by atoms with E-state index in [1.165, 1.54) is 17.8 Å². The summed E-state index contributed by atoms with van der Waals surface area (Å²) in [5.74, 6) is -1.25. The quantitative estimate of drug-likeness (QED) is 0.671. The molecule has 0 aliphatic carbocycles. The van der Waals surface area contributed by atoms with Crippen molar-refractivity contribution in [1.29, 1.82) is 0 Å². The predicted molar refractivity (Wildman–Crippen MR) is 87.8 cm³/mol. The van der Waals surface area contributed by atoms with Crippen LogP contribution in [0.4, 0.5) is 0 Å². The van der Waals surface area contributed by atoms with Gasteiger partial charge in [0, 0.05) is 18.1 Å². The molecule has 2 aromatic rings. The summed E-state index contributed by atoms with van der Waals surface area (Å²) < 4.78 is 6.46. The van der Waals surface area contributed by atoms with Crippen molar-refractivity contribution in [1.82, 2.24) is 9.66 Å². The van der Waals surface area contributed by atoms with Crippen molar-refractivity contribution < 1.29 is 19.1 Å². The van der Waals surface area contributed by atoms with Crippen LogP contribution in [-0.4, -0.2) is 33.9 Å². The largest absolute Gasteiger partial charge is 0.462 e. The Balaban J connectivity index is 2.48. The van der Waals surface area contributed by atoms with Crippen molar-refractivity contribution >= 4 is 17.7 Å². The van der Waals surface area contributed by atoms with E-state index in [0.717, 1.165) is 0 Å². The minimum absolute atomic E-state index is 0.174. The maximum atomic E-state index is 12.3. The van der Waals surface area contributed by atoms with Crippen molar-refractivity contribution in [3.05, 3.63) is 52.6 Å². The molecule has 0 saturated heterocycles. The Kier molecular flexibility index (Phi) is 5.13. The van der Waals surface area contributed by atoms with Gasteiger partial charge in [-0.1, -0.05) is 0 Å². The number of esters is 1. The first-order chi connectivity index (χ1) is 11.4. The molecule has 0 spiro atoms. The number of pyridine rings is 1. The first kappa shape index (κ1) is 17.4. The molecular formula is C17H19N3O4. The smallest absolute Gasteiger partial charge is 0.340 e. The van der Waals surface area contributed by atoms with Crippen LogP contribution >= 0.6 is 0 Å². The molecule has 1 N–H and O–H groups in total. The number of Topliss-reactive ketones (excluding diaryl/α,β-unsaturated/α-hetero) is 1. The van der Waals surface area contributed by atoms with E-state index in [2.05, 4.69) is 10.4 Å². The molecule has 2 aromatic heterocycles. The van der Waals surface area contributed by atoms with E-state index in [4.69, 9.17) is 4.74 Å². The number of hydrogen-bond donors (Lipinski definition) is 1. The first-order valence-electron chi connectivity index (χ1n) is 7.49. The third-order valence-electron chi connectivity index (χ3n) is 3.61. The summed E-state index contributed by atoms with van der Waals surface area (Å²) in [7, 11) is 0. The molecule has 0 atom stereocenters. The highest BCUT2D eigenvalue weighted by Crippen LogP contribution is 2.23. The van der Waals surface area contributed by atoms with Gasteiger partial charge >= 0.3 is 5.97 Å². The van der Waals surface area contributed by atoms with Gasteiger partial charge in [0.25, 0.3) is 5.91 Å². The van der Waals surface area contributed by atoms with Crippen molar-refractivity contribution in [2.45, 2.75) is 27.7 Å². The maximum Gasteiger partial charge on any atom is 0.340 e. The van der Waals surface area contributed by atoms with Gasteiger partial charge in [0.05, 0.1) is 29.0 Å². The molecule has 0 aliphatic heterocycles. The SMILES string of the molecule is CCOC(=O)c1c(C(C)=O)c(C)n(NC(=O)c2cccnc2)c1C. The Morgan fingerprint density at radius 3 is 2.42 bits per heavy atom. The second-order valence-electron chi connectivity index (χ2n) is 5.22. The zero-order chi connectivity index (χ0) is 17.9. The fourth-order valence-electron chi connectivity index (χ4n) is 2.55. The van der Waals surface area contributed by atoms with Gasteiger partial charge in [0.1, 0.15) is 0 Å². The molecule has 126 valence electrons. The summed E-state index contributed by atoms with van der Waals surface area (Å²) in [6.07, 6.45) is 3.00. The van der Waals surface area contributed by atoms with Crippen LogP contribution in [0.15, 0.2) is 24.5 Å². The van der Waals surface area contributed by atoms with Crippen molar-refractivity contribution in [3.8, 4) is 0 Å². The third kappa shape index (κ3) is 3.19. The van der Waals surface area contributed by atoms with Crippen molar-refractivity contribution in [3.63, 3.8) is 0 Å². The van der Waals surface area contributed by atoms with Crippen LogP contribution in [0.1, 0.15) is 56.3 Å². The zero-order valence-corrected chi connectivity index (χ0v) is 14.0. The number of ketones is 1. The van der Waals surface area contributed by atoms with Crippen LogP contribution in [-0.2, 0) is 4.74 Å². The Hall–Kier alpha value is -2.96. The third-order valence-corrected chi connectivity index (χ3v) is 3.61. The molecule has 7 heteroatoms. The van der Waals surface area contributed by atoms with Gasteiger partial charge in [0.2, 0.25) is 0 Å². The molecule has 0 saturated carbocycles. The summed E-state index contributed by atoms with van der Waals surface area (Å²) in [4.78, 5) is 40.4. The molecular weight excluding hydrogens is 310 g/mol. The fraction of sp³-hybridized carbons (Fsp3) is 0.294. The van der Waals surface area contributed by atoms with Crippen LogP contribution in [0.5, 0.6) is 0 Å². The zero-order valence-electron chi connectivity index (χ0n) is 14.0. The van der Waals surface area contributed by atoms with E-state index < -0.39 is 11.9 Å². The number of nitrogens with zero attached hydrogens (tertiary/aromatic N) is 2. The molecule has 24 heavy (non-hydrogen) atoms. The first-order valence-corrected chi connectivity index (χ1v) is 7.49. The fourth-order valence-corrected chi connectivity index (χ4v) is 2.55. The number of carbonyl (C=O) groups excluding carboxylic acids is 3. The topological polar surface area (TPSA) is 90.3 Å². The van der Waals surface area contributed by atoms with Gasteiger partial charge in [-0.05, 0) is 39.8 Å². The number of aromatic nitrogens is 2. The summed E-state index contributed by atoms with van der Waals surface area (Å²) >= 11 is 0. The van der Waals surface area contributed by atoms with Gasteiger partial charge in [-0.3, -0.25) is 24.7 Å². The molecule has 2 rings (SSSR count). The number of nitrogens with one attached hydrogen (secondary N) is 1. The second-order valence-corrected chi connectivity index (χ2v) is 5.22. The molecule has 0 unspecified atom stereocenters. The lowest BCUT2D eigenvalue weighted by molar-refractivity contribution is 0.0522.